The predicted molar refractivity (Wildman–Crippen MR) is 116 cm³/mol. The molecule has 0 spiro atoms. The lowest BCUT2D eigenvalue weighted by molar-refractivity contribution is 0.170. The Morgan fingerprint density at radius 1 is 0.867 bits per heavy atom. The summed E-state index contributed by atoms with van der Waals surface area (Å²) in [6.07, 6.45) is 1.90. The molecule has 0 bridgehead atoms. The van der Waals surface area contributed by atoms with Crippen LogP contribution in [0, 0.1) is 0 Å². The zero-order chi connectivity index (χ0) is 21.1. The quantitative estimate of drug-likeness (QED) is 0.662. The molecule has 2 N–H and O–H groups in total. The first-order valence-corrected chi connectivity index (χ1v) is 9.86. The molecule has 2 aromatic carbocycles. The predicted octanol–water partition coefficient (Wildman–Crippen LogP) is 3.29. The van der Waals surface area contributed by atoms with Gasteiger partial charge in [-0.2, -0.15) is 4.98 Å². The maximum atomic E-state index is 6.22. The van der Waals surface area contributed by atoms with Gasteiger partial charge in [0.25, 0.3) is 0 Å². The summed E-state index contributed by atoms with van der Waals surface area (Å²) in [6.45, 7) is 1.58. The van der Waals surface area contributed by atoms with Gasteiger partial charge >= 0.3 is 0 Å². The summed E-state index contributed by atoms with van der Waals surface area (Å²) in [4.78, 5) is 11.4. The summed E-state index contributed by atoms with van der Waals surface area (Å²) >= 11 is 0. The number of fused-ring (bicyclic) bond motifs is 1. The molecular formula is C22H26N4O4. The molecule has 1 saturated heterocycles. The maximum absolute atomic E-state index is 6.22. The highest BCUT2D eigenvalue weighted by atomic mass is 16.5. The molecule has 0 amide bonds. The monoisotopic (exact) mass is 410 g/mol. The van der Waals surface area contributed by atoms with Crippen LogP contribution in [0.15, 0.2) is 36.4 Å². The van der Waals surface area contributed by atoms with Crippen molar-refractivity contribution < 1.29 is 18.9 Å². The topological polar surface area (TPSA) is 92.0 Å². The minimum atomic E-state index is 0.150. The smallest absolute Gasteiger partial charge is 0.227 e. The molecule has 3 aromatic rings. The van der Waals surface area contributed by atoms with Gasteiger partial charge in [0.1, 0.15) is 23.4 Å². The van der Waals surface area contributed by atoms with E-state index in [1.807, 2.05) is 36.4 Å². The van der Waals surface area contributed by atoms with Crippen LogP contribution in [0.2, 0.25) is 0 Å². The third kappa shape index (κ3) is 3.98. The van der Waals surface area contributed by atoms with Crippen molar-refractivity contribution in [2.45, 2.75) is 18.9 Å². The van der Waals surface area contributed by atoms with Crippen molar-refractivity contribution in [3.05, 3.63) is 36.4 Å². The number of hydrogen-bond acceptors (Lipinski definition) is 8. The van der Waals surface area contributed by atoms with Crippen LogP contribution in [0.3, 0.4) is 0 Å². The van der Waals surface area contributed by atoms with Crippen molar-refractivity contribution in [2.75, 3.05) is 45.1 Å². The Morgan fingerprint density at radius 2 is 1.50 bits per heavy atom. The molecule has 158 valence electrons. The van der Waals surface area contributed by atoms with E-state index in [0.29, 0.717) is 23.3 Å². The molecule has 1 aliphatic heterocycles. The molecule has 0 saturated carbocycles. The van der Waals surface area contributed by atoms with Crippen LogP contribution in [0.5, 0.6) is 23.0 Å². The fraction of sp³-hybridized carbons (Fsp3) is 0.364. The van der Waals surface area contributed by atoms with Gasteiger partial charge in [-0.15, -0.1) is 0 Å². The number of nitrogens with zero attached hydrogens (tertiary/aromatic N) is 3. The van der Waals surface area contributed by atoms with Crippen LogP contribution in [-0.2, 0) is 0 Å². The minimum Gasteiger partial charge on any atom is -0.497 e. The van der Waals surface area contributed by atoms with Crippen molar-refractivity contribution in [3.63, 3.8) is 0 Å². The zero-order valence-electron chi connectivity index (χ0n) is 17.4. The molecule has 0 radical (unpaired) electrons. The molecule has 30 heavy (non-hydrogen) atoms. The minimum absolute atomic E-state index is 0.150. The van der Waals surface area contributed by atoms with Crippen molar-refractivity contribution in [3.8, 4) is 23.0 Å². The van der Waals surface area contributed by atoms with Gasteiger partial charge in [-0.1, -0.05) is 0 Å². The molecule has 4 rings (SSSR count). The summed E-state index contributed by atoms with van der Waals surface area (Å²) in [5.74, 6) is 3.92. The van der Waals surface area contributed by atoms with E-state index in [4.69, 9.17) is 29.7 Å². The van der Waals surface area contributed by atoms with Crippen LogP contribution in [0.1, 0.15) is 12.8 Å². The van der Waals surface area contributed by atoms with Crippen LogP contribution in [-0.4, -0.2) is 50.5 Å². The van der Waals surface area contributed by atoms with Gasteiger partial charge in [0, 0.05) is 37.4 Å². The van der Waals surface area contributed by atoms with Gasteiger partial charge in [0.05, 0.1) is 26.8 Å². The third-order valence-electron chi connectivity index (χ3n) is 5.31. The molecule has 0 aliphatic carbocycles. The van der Waals surface area contributed by atoms with Crippen molar-refractivity contribution in [1.29, 1.82) is 0 Å². The Balaban J connectivity index is 1.47. The molecule has 1 fully saturated rings. The van der Waals surface area contributed by atoms with E-state index in [1.165, 1.54) is 0 Å². The number of benzene rings is 2. The van der Waals surface area contributed by atoms with E-state index in [-0.39, 0.29) is 6.10 Å². The summed E-state index contributed by atoms with van der Waals surface area (Å²) < 4.78 is 22.0. The van der Waals surface area contributed by atoms with Gasteiger partial charge in [-0.25, -0.2) is 4.98 Å². The van der Waals surface area contributed by atoms with E-state index >= 15 is 0 Å². The van der Waals surface area contributed by atoms with E-state index < -0.39 is 0 Å². The Morgan fingerprint density at radius 3 is 2.13 bits per heavy atom. The molecule has 2 heterocycles. The van der Waals surface area contributed by atoms with Crippen LogP contribution in [0.25, 0.3) is 10.9 Å². The van der Waals surface area contributed by atoms with E-state index in [1.54, 1.807) is 21.3 Å². The number of ether oxygens (including phenoxy) is 4. The average Bonchev–Trinajstić information content (AvgIpc) is 2.79. The lowest BCUT2D eigenvalue weighted by Gasteiger charge is -2.32. The lowest BCUT2D eigenvalue weighted by atomic mass is 10.1. The molecule has 8 nitrogen and oxygen atoms in total. The van der Waals surface area contributed by atoms with Gasteiger partial charge in [-0.3, -0.25) is 0 Å². The summed E-state index contributed by atoms with van der Waals surface area (Å²) in [6, 6.07) is 11.3. The van der Waals surface area contributed by atoms with Crippen LogP contribution >= 0.6 is 0 Å². The van der Waals surface area contributed by atoms with Crippen LogP contribution in [0.4, 0.5) is 11.8 Å². The molecule has 1 aromatic heterocycles. The third-order valence-corrected chi connectivity index (χ3v) is 5.31. The Hall–Kier alpha value is -3.42. The van der Waals surface area contributed by atoms with E-state index in [2.05, 4.69) is 9.88 Å². The van der Waals surface area contributed by atoms with Crippen molar-refractivity contribution >= 4 is 22.7 Å². The Kier molecular flexibility index (Phi) is 5.65. The molecular weight excluding hydrogens is 384 g/mol. The van der Waals surface area contributed by atoms with Gasteiger partial charge in [-0.05, 0) is 30.3 Å². The summed E-state index contributed by atoms with van der Waals surface area (Å²) in [5, 5.41) is 0.745. The molecule has 8 heteroatoms. The number of hydrogen-bond donors (Lipinski definition) is 1. The van der Waals surface area contributed by atoms with Crippen LogP contribution < -0.4 is 29.6 Å². The number of nitrogens with two attached hydrogens (primary N) is 1. The number of aromatic nitrogens is 2. The molecule has 1 aliphatic rings. The second-order valence-electron chi connectivity index (χ2n) is 7.11. The van der Waals surface area contributed by atoms with Gasteiger partial charge in [0.15, 0.2) is 11.5 Å². The van der Waals surface area contributed by atoms with Gasteiger partial charge < -0.3 is 29.6 Å². The SMILES string of the molecule is COc1ccc(OC2CCN(c3nc(N)c4cc(OC)c(OC)cc4n3)CC2)cc1. The largest absolute Gasteiger partial charge is 0.497 e. The molecule has 0 atom stereocenters. The van der Waals surface area contributed by atoms with E-state index in [0.717, 1.165) is 48.3 Å². The Labute approximate surface area is 175 Å². The highest BCUT2D eigenvalue weighted by Crippen LogP contribution is 2.34. The number of anilines is 2. The number of nitrogen functional groups attached to an aromatic ring is 1. The van der Waals surface area contributed by atoms with E-state index in [9.17, 15) is 0 Å². The number of piperidine rings is 1. The lowest BCUT2D eigenvalue weighted by Crippen LogP contribution is -2.39. The highest BCUT2D eigenvalue weighted by Gasteiger charge is 2.23. The second-order valence-corrected chi connectivity index (χ2v) is 7.11. The Bertz CT molecular complexity index is 1020. The maximum Gasteiger partial charge on any atom is 0.227 e. The highest BCUT2D eigenvalue weighted by molar-refractivity contribution is 5.91. The number of rotatable bonds is 6. The summed E-state index contributed by atoms with van der Waals surface area (Å²) in [5.41, 5.74) is 6.95. The van der Waals surface area contributed by atoms with Crippen molar-refractivity contribution in [2.24, 2.45) is 0 Å². The first kappa shape index (κ1) is 19.9. The standard InChI is InChI=1S/C22H26N4O4/c1-27-14-4-6-15(7-5-14)30-16-8-10-26(11-9-16)22-24-18-13-20(29-3)19(28-2)12-17(18)21(23)25-22/h4-7,12-13,16H,8-11H2,1-3H3,(H2,23,24,25). The average molecular weight is 410 g/mol. The first-order valence-electron chi connectivity index (χ1n) is 9.86. The zero-order valence-corrected chi connectivity index (χ0v) is 17.4. The first-order chi connectivity index (χ1) is 14.6. The normalized spacial score (nSPS) is 14.6. The number of methoxy groups -OCH3 is 3. The fourth-order valence-electron chi connectivity index (χ4n) is 3.63. The van der Waals surface area contributed by atoms with Gasteiger partial charge in [0.2, 0.25) is 5.95 Å². The summed E-state index contributed by atoms with van der Waals surface area (Å²) in [7, 11) is 4.84. The van der Waals surface area contributed by atoms with Crippen molar-refractivity contribution in [1.82, 2.24) is 9.97 Å². The molecule has 0 unspecified atom stereocenters. The fourth-order valence-corrected chi connectivity index (χ4v) is 3.63. The second kappa shape index (κ2) is 8.52.